The van der Waals surface area contributed by atoms with Crippen LogP contribution in [0.15, 0.2) is 0 Å². The number of hydrogen-bond donors (Lipinski definition) is 1. The van der Waals surface area contributed by atoms with Crippen LogP contribution in [0, 0.1) is 0 Å². The van der Waals surface area contributed by atoms with Gasteiger partial charge in [0, 0.05) is 6.54 Å². The second-order valence-corrected chi connectivity index (χ2v) is 5.71. The predicted molar refractivity (Wildman–Crippen MR) is 47.5 cm³/mol. The van der Waals surface area contributed by atoms with E-state index in [9.17, 15) is 12.8 Å². The molecule has 0 aromatic rings. The van der Waals surface area contributed by atoms with Gasteiger partial charge in [-0.2, -0.15) is 0 Å². The van der Waals surface area contributed by atoms with Gasteiger partial charge in [0.05, 0.1) is 11.5 Å². The number of alkyl halides is 1. The van der Waals surface area contributed by atoms with Crippen molar-refractivity contribution in [2.24, 2.45) is 5.73 Å². The minimum atomic E-state index is -3.13. The Morgan fingerprint density at radius 2 is 1.83 bits per heavy atom. The van der Waals surface area contributed by atoms with Crippen molar-refractivity contribution in [3.63, 3.8) is 0 Å². The van der Waals surface area contributed by atoms with Crippen LogP contribution in [0.2, 0.25) is 0 Å². The summed E-state index contributed by atoms with van der Waals surface area (Å²) in [5.41, 5.74) is 3.67. The summed E-state index contributed by atoms with van der Waals surface area (Å²) in [6.07, 6.45) is 0.0370. The molecule has 0 aliphatic carbocycles. The predicted octanol–water partition coefficient (Wildman–Crippen LogP) is 0.498. The van der Waals surface area contributed by atoms with Crippen LogP contribution in [0.4, 0.5) is 4.39 Å². The average molecular weight is 197 g/mol. The van der Waals surface area contributed by atoms with E-state index in [-0.39, 0.29) is 24.5 Å². The fraction of sp³-hybridized carbons (Fsp3) is 1.00. The van der Waals surface area contributed by atoms with Crippen molar-refractivity contribution in [3.8, 4) is 0 Å². The average Bonchev–Trinajstić information content (AvgIpc) is 1.83. The lowest BCUT2D eigenvalue weighted by Crippen LogP contribution is -2.23. The lowest BCUT2D eigenvalue weighted by Gasteiger charge is -2.13. The highest BCUT2D eigenvalue weighted by atomic mass is 32.2. The Morgan fingerprint density at radius 3 is 2.17 bits per heavy atom. The van der Waals surface area contributed by atoms with Crippen LogP contribution in [-0.2, 0) is 9.84 Å². The van der Waals surface area contributed by atoms with Crippen LogP contribution in [0.1, 0.15) is 20.3 Å². The summed E-state index contributed by atoms with van der Waals surface area (Å²) in [6.45, 7) is 2.84. The van der Waals surface area contributed by atoms with Crippen molar-refractivity contribution in [1.29, 1.82) is 0 Å². The first kappa shape index (κ1) is 11.8. The first-order valence-corrected chi connectivity index (χ1v) is 5.68. The number of hydrogen-bond acceptors (Lipinski definition) is 3. The van der Waals surface area contributed by atoms with E-state index in [4.69, 9.17) is 5.73 Å². The van der Waals surface area contributed by atoms with Crippen molar-refractivity contribution < 1.29 is 12.8 Å². The maximum absolute atomic E-state index is 12.9. The molecule has 0 heterocycles. The molecule has 5 heteroatoms. The summed E-state index contributed by atoms with van der Waals surface area (Å²) in [5, 5.41) is 0. The van der Waals surface area contributed by atoms with Gasteiger partial charge in [-0.15, -0.1) is 0 Å². The standard InChI is InChI=1S/C7H16FNO2S/c1-7(2,8)3-5-12(10,11)6-4-9/h3-6,9H2,1-2H3. The number of sulfone groups is 1. The molecule has 0 rings (SSSR count). The molecule has 0 unspecified atom stereocenters. The first-order valence-electron chi connectivity index (χ1n) is 3.86. The second-order valence-electron chi connectivity index (χ2n) is 3.41. The largest absolute Gasteiger partial charge is 0.329 e. The van der Waals surface area contributed by atoms with Crippen LogP contribution in [0.5, 0.6) is 0 Å². The fourth-order valence-corrected chi connectivity index (χ4v) is 2.04. The molecular weight excluding hydrogens is 181 g/mol. The van der Waals surface area contributed by atoms with Crippen molar-refractivity contribution in [2.45, 2.75) is 25.9 Å². The molecule has 0 aromatic carbocycles. The SMILES string of the molecule is CC(C)(F)CCS(=O)(=O)CCN. The summed E-state index contributed by atoms with van der Waals surface area (Å²) in [4.78, 5) is 0. The lowest BCUT2D eigenvalue weighted by atomic mass is 10.1. The molecule has 0 fully saturated rings. The monoisotopic (exact) mass is 197 g/mol. The third-order valence-electron chi connectivity index (χ3n) is 1.44. The maximum Gasteiger partial charge on any atom is 0.151 e. The van der Waals surface area contributed by atoms with Gasteiger partial charge in [-0.1, -0.05) is 0 Å². The molecule has 0 bridgehead atoms. The van der Waals surface area contributed by atoms with E-state index in [0.29, 0.717) is 0 Å². The van der Waals surface area contributed by atoms with Crippen molar-refractivity contribution in [3.05, 3.63) is 0 Å². The van der Waals surface area contributed by atoms with E-state index in [0.717, 1.165) is 0 Å². The van der Waals surface area contributed by atoms with Crippen molar-refractivity contribution in [1.82, 2.24) is 0 Å². The van der Waals surface area contributed by atoms with Gasteiger partial charge >= 0.3 is 0 Å². The fourth-order valence-electron chi connectivity index (χ4n) is 0.680. The third kappa shape index (κ3) is 6.54. The van der Waals surface area contributed by atoms with Gasteiger partial charge in [-0.3, -0.25) is 0 Å². The molecule has 74 valence electrons. The van der Waals surface area contributed by atoms with Crippen molar-refractivity contribution in [2.75, 3.05) is 18.1 Å². The Labute approximate surface area is 73.1 Å². The summed E-state index contributed by atoms with van der Waals surface area (Å²) in [7, 11) is -3.13. The molecule has 0 saturated heterocycles. The van der Waals surface area contributed by atoms with E-state index in [1.54, 1.807) is 0 Å². The zero-order valence-corrected chi connectivity index (χ0v) is 8.32. The molecule has 3 nitrogen and oxygen atoms in total. The second kappa shape index (κ2) is 4.18. The highest BCUT2D eigenvalue weighted by Gasteiger charge is 2.19. The highest BCUT2D eigenvalue weighted by Crippen LogP contribution is 2.14. The first-order chi connectivity index (χ1) is 5.27. The smallest absolute Gasteiger partial charge is 0.151 e. The lowest BCUT2D eigenvalue weighted by molar-refractivity contribution is 0.211. The highest BCUT2D eigenvalue weighted by molar-refractivity contribution is 7.91. The Morgan fingerprint density at radius 1 is 1.33 bits per heavy atom. The van der Waals surface area contributed by atoms with Gasteiger partial charge in [-0.05, 0) is 20.3 Å². The van der Waals surface area contributed by atoms with Gasteiger partial charge in [0.2, 0.25) is 0 Å². The quantitative estimate of drug-likeness (QED) is 0.698. The molecule has 0 aliphatic heterocycles. The number of halogens is 1. The molecule has 0 radical (unpaired) electrons. The van der Waals surface area contributed by atoms with Crippen LogP contribution in [0.25, 0.3) is 0 Å². The molecule has 2 N–H and O–H groups in total. The van der Waals surface area contributed by atoms with Crippen LogP contribution in [0.3, 0.4) is 0 Å². The summed E-state index contributed by atoms with van der Waals surface area (Å²) in [5.74, 6) is -0.170. The van der Waals surface area contributed by atoms with E-state index in [2.05, 4.69) is 0 Å². The van der Waals surface area contributed by atoms with Gasteiger partial charge in [-0.25, -0.2) is 12.8 Å². The molecule has 0 spiro atoms. The van der Waals surface area contributed by atoms with E-state index in [1.807, 2.05) is 0 Å². The molecule has 0 amide bonds. The van der Waals surface area contributed by atoms with Gasteiger partial charge < -0.3 is 5.73 Å². The normalized spacial score (nSPS) is 13.3. The summed E-state index contributed by atoms with van der Waals surface area (Å²) >= 11 is 0. The molecular formula is C7H16FNO2S. The Kier molecular flexibility index (Phi) is 4.13. The number of nitrogens with two attached hydrogens (primary N) is 1. The summed E-state index contributed by atoms with van der Waals surface area (Å²) < 4.78 is 34.9. The molecule has 0 atom stereocenters. The minimum absolute atomic E-state index is 0.0370. The number of rotatable bonds is 5. The van der Waals surface area contributed by atoms with Crippen molar-refractivity contribution >= 4 is 9.84 Å². The van der Waals surface area contributed by atoms with Crippen LogP contribution >= 0.6 is 0 Å². The van der Waals surface area contributed by atoms with Gasteiger partial charge in [0.1, 0.15) is 5.67 Å². The minimum Gasteiger partial charge on any atom is -0.329 e. The van der Waals surface area contributed by atoms with Crippen LogP contribution in [-0.4, -0.2) is 32.1 Å². The summed E-state index contributed by atoms with van der Waals surface area (Å²) in [6, 6.07) is 0. The Balaban J connectivity index is 3.94. The van der Waals surface area contributed by atoms with Crippen LogP contribution < -0.4 is 5.73 Å². The zero-order chi connectivity index (χ0) is 9.83. The van der Waals surface area contributed by atoms with Gasteiger partial charge in [0.15, 0.2) is 9.84 Å². The van der Waals surface area contributed by atoms with E-state index >= 15 is 0 Å². The van der Waals surface area contributed by atoms with Gasteiger partial charge in [0.25, 0.3) is 0 Å². The third-order valence-corrected chi connectivity index (χ3v) is 3.12. The zero-order valence-electron chi connectivity index (χ0n) is 7.51. The molecule has 0 saturated carbocycles. The molecule has 12 heavy (non-hydrogen) atoms. The Bertz CT molecular complexity index is 218. The van der Waals surface area contributed by atoms with E-state index in [1.165, 1.54) is 13.8 Å². The molecule has 0 aliphatic rings. The molecule has 0 aromatic heterocycles. The maximum atomic E-state index is 12.9. The topological polar surface area (TPSA) is 60.2 Å². The Hall–Kier alpha value is -0.160. The van der Waals surface area contributed by atoms with E-state index < -0.39 is 15.5 Å².